The number of aryl methyl sites for hydroxylation is 2. The molecule has 2 amide bonds. The van der Waals surface area contributed by atoms with Crippen LogP contribution >= 0.6 is 11.3 Å². The Morgan fingerprint density at radius 1 is 0.842 bits per heavy atom. The number of carbonyl (C=O) groups excluding carboxylic acids is 2. The molecular formula is C29H24N4O4S. The molecule has 190 valence electrons. The predicted molar refractivity (Wildman–Crippen MR) is 149 cm³/mol. The van der Waals surface area contributed by atoms with Crippen molar-refractivity contribution in [3.63, 3.8) is 0 Å². The molecule has 2 heterocycles. The van der Waals surface area contributed by atoms with E-state index in [2.05, 4.69) is 15.6 Å². The molecule has 0 fully saturated rings. The van der Waals surface area contributed by atoms with E-state index in [-0.39, 0.29) is 15.5 Å². The zero-order valence-electron chi connectivity index (χ0n) is 20.9. The third-order valence-corrected chi connectivity index (χ3v) is 7.05. The lowest BCUT2D eigenvalue weighted by atomic mass is 10.1. The Balaban J connectivity index is 1.47. The number of anilines is 2. The number of hydrogen-bond donors (Lipinski definition) is 2. The van der Waals surface area contributed by atoms with Crippen LogP contribution in [0.3, 0.4) is 0 Å². The van der Waals surface area contributed by atoms with Crippen molar-refractivity contribution in [2.24, 2.45) is 0 Å². The first kappa shape index (κ1) is 24.9. The van der Waals surface area contributed by atoms with Crippen molar-refractivity contribution in [2.75, 3.05) is 10.6 Å². The van der Waals surface area contributed by atoms with E-state index in [1.54, 1.807) is 37.3 Å². The van der Waals surface area contributed by atoms with Gasteiger partial charge in [-0.15, -0.1) is 0 Å². The summed E-state index contributed by atoms with van der Waals surface area (Å²) in [6.45, 7) is 5.55. The number of benzene rings is 3. The minimum absolute atomic E-state index is 0.0741. The highest BCUT2D eigenvalue weighted by atomic mass is 32.1. The summed E-state index contributed by atoms with van der Waals surface area (Å²) in [4.78, 5) is 44.5. The molecule has 0 unspecified atom stereocenters. The molecule has 0 radical (unpaired) electrons. The van der Waals surface area contributed by atoms with Crippen molar-refractivity contribution in [1.82, 2.24) is 9.38 Å². The first-order chi connectivity index (χ1) is 18.3. The van der Waals surface area contributed by atoms with Gasteiger partial charge in [-0.25, -0.2) is 9.38 Å². The van der Waals surface area contributed by atoms with Gasteiger partial charge in [-0.2, -0.15) is 0 Å². The van der Waals surface area contributed by atoms with Gasteiger partial charge in [-0.05, 0) is 74.4 Å². The number of thiazole rings is 1. The molecule has 38 heavy (non-hydrogen) atoms. The monoisotopic (exact) mass is 524 g/mol. The maximum absolute atomic E-state index is 13.5. The fraction of sp³-hybridized carbons (Fsp3) is 0.103. The molecule has 0 aliphatic rings. The first-order valence-corrected chi connectivity index (χ1v) is 12.7. The fourth-order valence-electron chi connectivity index (χ4n) is 3.93. The van der Waals surface area contributed by atoms with Crippen LogP contribution in [0.2, 0.25) is 0 Å². The van der Waals surface area contributed by atoms with Crippen LogP contribution in [0.25, 0.3) is 4.96 Å². The van der Waals surface area contributed by atoms with E-state index in [9.17, 15) is 14.4 Å². The second kappa shape index (κ2) is 10.3. The van der Waals surface area contributed by atoms with E-state index in [1.807, 2.05) is 56.3 Å². The number of aromatic nitrogens is 2. The lowest BCUT2D eigenvalue weighted by Crippen LogP contribution is -2.25. The maximum atomic E-state index is 13.5. The average Bonchev–Trinajstić information content (AvgIpc) is 3.29. The third kappa shape index (κ3) is 5.05. The van der Waals surface area contributed by atoms with Crippen LogP contribution in [-0.2, 0) is 0 Å². The first-order valence-electron chi connectivity index (χ1n) is 11.9. The number of fused-ring (bicyclic) bond motifs is 1. The second-order valence-electron chi connectivity index (χ2n) is 8.73. The van der Waals surface area contributed by atoms with Crippen molar-refractivity contribution in [3.8, 4) is 11.5 Å². The minimum Gasteiger partial charge on any atom is -0.457 e. The minimum atomic E-state index is -0.605. The number of amides is 2. The fourth-order valence-corrected chi connectivity index (χ4v) is 5.00. The third-order valence-electron chi connectivity index (χ3n) is 6.01. The smallest absolute Gasteiger partial charge is 0.274 e. The van der Waals surface area contributed by atoms with Gasteiger partial charge in [0.05, 0.1) is 0 Å². The van der Waals surface area contributed by atoms with Gasteiger partial charge in [0.1, 0.15) is 22.1 Å². The highest BCUT2D eigenvalue weighted by molar-refractivity contribution is 7.19. The van der Waals surface area contributed by atoms with Crippen LogP contribution < -0.4 is 20.9 Å². The lowest BCUT2D eigenvalue weighted by molar-refractivity contribution is 0.0989. The summed E-state index contributed by atoms with van der Waals surface area (Å²) in [5, 5.41) is 5.68. The Kier molecular flexibility index (Phi) is 6.76. The van der Waals surface area contributed by atoms with E-state index in [0.717, 1.165) is 22.5 Å². The Labute approximate surface area is 222 Å². The average molecular weight is 525 g/mol. The van der Waals surface area contributed by atoms with Gasteiger partial charge >= 0.3 is 0 Å². The van der Waals surface area contributed by atoms with Crippen LogP contribution in [-0.4, -0.2) is 21.2 Å². The van der Waals surface area contributed by atoms with Crippen LogP contribution in [0, 0.1) is 20.8 Å². The van der Waals surface area contributed by atoms with E-state index in [0.29, 0.717) is 28.6 Å². The standard InChI is InChI=1S/C29H24N4O4S/c1-17-8-7-11-23(19(17)3)32-28(36)26-25(33-24(34)16-18(2)30-29(33)38-26)27(35)31-20-12-14-22(15-13-20)37-21-9-5-4-6-10-21/h4-16H,1-3H3,(H,31,35)(H,32,36). The summed E-state index contributed by atoms with van der Waals surface area (Å²) < 4.78 is 6.98. The zero-order valence-corrected chi connectivity index (χ0v) is 21.8. The predicted octanol–water partition coefficient (Wildman–Crippen LogP) is 5.98. The molecule has 3 aromatic carbocycles. The number of nitrogens with zero attached hydrogens (tertiary/aromatic N) is 2. The summed E-state index contributed by atoms with van der Waals surface area (Å²) >= 11 is 0.991. The molecule has 9 heteroatoms. The van der Waals surface area contributed by atoms with Crippen LogP contribution in [0.5, 0.6) is 11.5 Å². The van der Waals surface area contributed by atoms with Crippen LogP contribution in [0.15, 0.2) is 83.7 Å². The normalized spacial score (nSPS) is 10.8. The quantitative estimate of drug-likeness (QED) is 0.285. The highest BCUT2D eigenvalue weighted by Crippen LogP contribution is 2.27. The second-order valence-corrected chi connectivity index (χ2v) is 9.71. The molecule has 5 rings (SSSR count). The molecule has 2 aromatic heterocycles. The van der Waals surface area contributed by atoms with Crippen molar-refractivity contribution >= 4 is 39.5 Å². The van der Waals surface area contributed by atoms with Crippen molar-refractivity contribution in [3.05, 3.63) is 117 Å². The van der Waals surface area contributed by atoms with Crippen molar-refractivity contribution in [2.45, 2.75) is 20.8 Å². The number of carbonyl (C=O) groups is 2. The number of para-hydroxylation sites is 1. The molecule has 5 aromatic rings. The zero-order chi connectivity index (χ0) is 26.8. The van der Waals surface area contributed by atoms with Gasteiger partial charge in [0, 0.05) is 23.1 Å². The number of ether oxygens (including phenoxy) is 1. The maximum Gasteiger partial charge on any atom is 0.274 e. The molecule has 0 bridgehead atoms. The molecular weight excluding hydrogens is 500 g/mol. The molecule has 0 saturated carbocycles. The molecule has 0 spiro atoms. The van der Waals surface area contributed by atoms with Crippen molar-refractivity contribution in [1.29, 1.82) is 0 Å². The summed E-state index contributed by atoms with van der Waals surface area (Å²) in [5.74, 6) is 0.185. The molecule has 0 aliphatic carbocycles. The number of hydrogen-bond acceptors (Lipinski definition) is 6. The summed E-state index contributed by atoms with van der Waals surface area (Å²) in [5.41, 5.74) is 3.02. The summed E-state index contributed by atoms with van der Waals surface area (Å²) in [6.07, 6.45) is 0. The van der Waals surface area contributed by atoms with Gasteiger partial charge in [0.25, 0.3) is 17.4 Å². The molecule has 0 saturated heterocycles. The van der Waals surface area contributed by atoms with Gasteiger partial charge in [-0.1, -0.05) is 41.7 Å². The largest absolute Gasteiger partial charge is 0.457 e. The van der Waals surface area contributed by atoms with E-state index < -0.39 is 17.4 Å². The van der Waals surface area contributed by atoms with Gasteiger partial charge in [0.15, 0.2) is 4.96 Å². The Hall–Kier alpha value is -4.76. The van der Waals surface area contributed by atoms with Gasteiger partial charge in [0.2, 0.25) is 0 Å². The van der Waals surface area contributed by atoms with Gasteiger partial charge in [-0.3, -0.25) is 14.4 Å². The Morgan fingerprint density at radius 3 is 2.29 bits per heavy atom. The Morgan fingerprint density at radius 2 is 1.55 bits per heavy atom. The van der Waals surface area contributed by atoms with E-state index in [1.165, 1.54) is 10.5 Å². The van der Waals surface area contributed by atoms with Gasteiger partial charge < -0.3 is 15.4 Å². The number of nitrogens with one attached hydrogen (secondary N) is 2. The van der Waals surface area contributed by atoms with E-state index in [4.69, 9.17) is 4.74 Å². The lowest BCUT2D eigenvalue weighted by Gasteiger charge is -2.11. The van der Waals surface area contributed by atoms with Crippen LogP contribution in [0.1, 0.15) is 37.0 Å². The molecule has 8 nitrogen and oxygen atoms in total. The molecule has 0 aliphatic heterocycles. The van der Waals surface area contributed by atoms with Crippen molar-refractivity contribution < 1.29 is 14.3 Å². The molecule has 2 N–H and O–H groups in total. The topological polar surface area (TPSA) is 102 Å². The Bertz CT molecular complexity index is 1720. The van der Waals surface area contributed by atoms with E-state index >= 15 is 0 Å². The van der Waals surface area contributed by atoms with Crippen LogP contribution in [0.4, 0.5) is 11.4 Å². The summed E-state index contributed by atoms with van der Waals surface area (Å²) in [6, 6.07) is 23.1. The SMILES string of the molecule is Cc1cc(=O)n2c(C(=O)Nc3ccc(Oc4ccccc4)cc3)c(C(=O)Nc3cccc(C)c3C)sc2n1. The number of rotatable bonds is 6. The summed E-state index contributed by atoms with van der Waals surface area (Å²) in [7, 11) is 0. The highest BCUT2D eigenvalue weighted by Gasteiger charge is 2.26. The molecule has 0 atom stereocenters.